The van der Waals surface area contributed by atoms with E-state index in [9.17, 15) is 22.9 Å². The summed E-state index contributed by atoms with van der Waals surface area (Å²) in [5.74, 6) is -0.0762. The molecule has 4 aromatic rings. The van der Waals surface area contributed by atoms with E-state index in [1.165, 1.54) is 45.6 Å². The van der Waals surface area contributed by atoms with Crippen molar-refractivity contribution in [1.29, 1.82) is 0 Å². The predicted octanol–water partition coefficient (Wildman–Crippen LogP) is -0.695. The van der Waals surface area contributed by atoms with Gasteiger partial charge in [-0.15, -0.1) is 0 Å². The molecule has 0 aliphatic rings. The smallest absolute Gasteiger partial charge is 0.609 e. The maximum atomic E-state index is 14.1. The van der Waals surface area contributed by atoms with Crippen LogP contribution in [0, 0.1) is 13.8 Å². The first-order valence-corrected chi connectivity index (χ1v) is 14.8. The Morgan fingerprint density at radius 3 is 2.41 bits per heavy atom. The number of hydrogen-bond acceptors (Lipinski definition) is 10. The first-order valence-electron chi connectivity index (χ1n) is 12.1. The summed E-state index contributed by atoms with van der Waals surface area (Å²) in [5.41, 5.74) is 2.80. The van der Waals surface area contributed by atoms with Crippen molar-refractivity contribution in [3.63, 3.8) is 0 Å². The molecule has 0 aliphatic carbocycles. The summed E-state index contributed by atoms with van der Waals surface area (Å²) in [4.78, 5) is 19.7. The molecule has 0 saturated carbocycles. The Balaban J connectivity index is 0.00000462. The number of carbonyl (C=O) groups excluding carboxylic acids is 1. The van der Waals surface area contributed by atoms with Crippen LogP contribution in [0.3, 0.4) is 0 Å². The van der Waals surface area contributed by atoms with Crippen LogP contribution in [0.1, 0.15) is 28.8 Å². The van der Waals surface area contributed by atoms with E-state index >= 15 is 0 Å². The van der Waals surface area contributed by atoms with E-state index in [1.807, 2.05) is 6.92 Å². The van der Waals surface area contributed by atoms with Crippen LogP contribution in [0.15, 0.2) is 52.6 Å². The molecule has 0 spiro atoms. The van der Waals surface area contributed by atoms with Crippen molar-refractivity contribution in [2.45, 2.75) is 42.5 Å². The minimum Gasteiger partial charge on any atom is -0.609 e. The summed E-state index contributed by atoms with van der Waals surface area (Å²) < 4.78 is 59.0. The van der Waals surface area contributed by atoms with Gasteiger partial charge in [-0.2, -0.15) is 8.96 Å². The first-order chi connectivity index (χ1) is 19.0. The largest absolute Gasteiger partial charge is 1.00 e. The Morgan fingerprint density at radius 1 is 1.05 bits per heavy atom. The van der Waals surface area contributed by atoms with Gasteiger partial charge in [-0.1, -0.05) is 0 Å². The van der Waals surface area contributed by atoms with Crippen LogP contribution in [-0.2, 0) is 38.2 Å². The van der Waals surface area contributed by atoms with Crippen molar-refractivity contribution in [3.05, 3.63) is 65.0 Å². The molecule has 4 rings (SSSR count). The van der Waals surface area contributed by atoms with E-state index < -0.39 is 27.2 Å². The van der Waals surface area contributed by atoms with Gasteiger partial charge < -0.3 is 28.7 Å². The molecule has 0 amide bonds. The Morgan fingerprint density at radius 2 is 1.78 bits per heavy atom. The van der Waals surface area contributed by atoms with E-state index in [0.717, 1.165) is 9.54 Å². The molecule has 0 bridgehead atoms. The molecule has 2 aromatic carbocycles. The molecule has 0 N–H and O–H groups in total. The van der Waals surface area contributed by atoms with Crippen molar-refractivity contribution in [3.8, 4) is 17.2 Å². The molecule has 1 unspecified atom stereocenters. The molecule has 14 heteroatoms. The van der Waals surface area contributed by atoms with Crippen LogP contribution in [0.5, 0.6) is 17.2 Å². The minimum atomic E-state index is -4.39. The fourth-order valence-corrected chi connectivity index (χ4v) is 7.46. The van der Waals surface area contributed by atoms with Gasteiger partial charge in [-0.25, -0.2) is 8.42 Å². The normalized spacial score (nSPS) is 12.0. The second kappa shape index (κ2) is 13.4. The number of aryl methyl sites for hydroxylation is 2. The maximum Gasteiger partial charge on any atom is 1.00 e. The predicted molar refractivity (Wildman–Crippen MR) is 146 cm³/mol. The second-order valence-corrected chi connectivity index (χ2v) is 12.0. The quantitative estimate of drug-likeness (QED) is 0.158. The Hall–Kier alpha value is -2.81. The van der Waals surface area contributed by atoms with Crippen LogP contribution < -0.4 is 48.9 Å². The van der Waals surface area contributed by atoms with Crippen LogP contribution in [0.25, 0.3) is 11.0 Å². The molecule has 2 aromatic heterocycles. The molecule has 0 aliphatic heterocycles. The van der Waals surface area contributed by atoms with E-state index in [4.69, 9.17) is 14.2 Å². The third-order valence-electron chi connectivity index (χ3n) is 6.40. The first kappa shape index (κ1) is 32.7. The molecule has 0 radical (unpaired) electrons. The van der Waals surface area contributed by atoms with Gasteiger partial charge in [0.15, 0.2) is 5.75 Å². The van der Waals surface area contributed by atoms with Crippen molar-refractivity contribution in [2.75, 3.05) is 21.3 Å². The minimum absolute atomic E-state index is 0. The third kappa shape index (κ3) is 6.65. The second-order valence-electron chi connectivity index (χ2n) is 8.90. The fourth-order valence-electron chi connectivity index (χ4n) is 4.37. The number of carboxylic acids is 1. The van der Waals surface area contributed by atoms with Gasteiger partial charge in [0.1, 0.15) is 17.2 Å². The molecule has 0 saturated heterocycles. The van der Waals surface area contributed by atoms with Crippen LogP contribution in [0.4, 0.5) is 0 Å². The number of nitrogens with zero attached hydrogens (tertiary/aromatic N) is 3. The Bertz CT molecular complexity index is 1690. The number of pyridine rings is 1. The van der Waals surface area contributed by atoms with Crippen molar-refractivity contribution < 1.29 is 66.6 Å². The number of carbonyl (C=O) groups is 1. The van der Waals surface area contributed by atoms with Crippen molar-refractivity contribution in [1.82, 2.24) is 13.9 Å². The Kier molecular flexibility index (Phi) is 10.7. The van der Waals surface area contributed by atoms with Crippen molar-refractivity contribution >= 4 is 38.2 Å². The standard InChI is InChI=1S/C27H29N3O8S2.Na/c1-16-14-28-22(17(2)26(16)38-5)15-39(33)27-29-21-9-7-19(36-3)13-23(21)30(27)40(34,35)20-8-10-24(37-4)18(12-20)6-11-25(31)32;/h7-10,12-14H,6,11,15H2,1-5H3,(H,31,32);/q;+1/p-1. The number of rotatable bonds is 11. The summed E-state index contributed by atoms with van der Waals surface area (Å²) in [6, 6.07) is 8.83. The summed E-state index contributed by atoms with van der Waals surface area (Å²) in [7, 11) is -0.00779. The zero-order valence-corrected chi connectivity index (χ0v) is 27.2. The monoisotopic (exact) mass is 609 g/mol. The van der Waals surface area contributed by atoms with E-state index in [2.05, 4.69) is 9.97 Å². The van der Waals surface area contributed by atoms with E-state index in [1.54, 1.807) is 25.3 Å². The summed E-state index contributed by atoms with van der Waals surface area (Å²) in [6.45, 7) is 3.64. The van der Waals surface area contributed by atoms with Gasteiger partial charge in [-0.05, 0) is 62.6 Å². The van der Waals surface area contributed by atoms with Gasteiger partial charge >= 0.3 is 34.7 Å². The average molecular weight is 610 g/mol. The number of fused-ring (bicyclic) bond motifs is 1. The topological polar surface area (TPSA) is 156 Å². The van der Waals surface area contributed by atoms with Crippen LogP contribution in [-0.4, -0.2) is 54.2 Å². The molecular weight excluding hydrogens is 581 g/mol. The fraction of sp³-hybridized carbons (Fsp3) is 0.296. The molecular formula is C27H28N3NaO8S2. The number of ether oxygens (including phenoxy) is 3. The van der Waals surface area contributed by atoms with Gasteiger partial charge in [-0.3, -0.25) is 4.98 Å². The Labute approximate surface area is 263 Å². The summed E-state index contributed by atoms with van der Waals surface area (Å²) in [5, 5.41) is 10.9. The third-order valence-corrected chi connectivity index (χ3v) is 9.43. The average Bonchev–Trinajstić information content (AvgIpc) is 3.33. The van der Waals surface area contributed by atoms with Gasteiger partial charge in [0, 0.05) is 40.5 Å². The number of imidazole rings is 1. The number of aromatic nitrogens is 3. The van der Waals surface area contributed by atoms with Crippen LogP contribution >= 0.6 is 0 Å². The SMILES string of the molecule is COc1ccc2nc([S+]([O-])Cc3ncc(C)c(OC)c3C)n(S(=O)(=O)c3ccc(OC)c(CCC(=O)[O-])c3)c2c1.[Na+]. The van der Waals surface area contributed by atoms with Crippen LogP contribution in [0.2, 0.25) is 0 Å². The molecule has 11 nitrogen and oxygen atoms in total. The van der Waals surface area contributed by atoms with Crippen molar-refractivity contribution in [2.24, 2.45) is 0 Å². The number of hydrogen-bond donors (Lipinski definition) is 0. The number of aliphatic carboxylic acids is 1. The number of carboxylic acid groups (broad SMARTS) is 1. The van der Waals surface area contributed by atoms with Gasteiger partial charge in [0.05, 0.1) is 43.0 Å². The zero-order valence-electron chi connectivity index (χ0n) is 23.6. The molecule has 2 heterocycles. The number of methoxy groups -OCH3 is 3. The molecule has 0 fully saturated rings. The number of benzene rings is 2. The molecule has 41 heavy (non-hydrogen) atoms. The molecule has 1 atom stereocenters. The maximum absolute atomic E-state index is 14.1. The zero-order chi connectivity index (χ0) is 29.2. The van der Waals surface area contributed by atoms with Gasteiger partial charge in [0.2, 0.25) is 0 Å². The summed E-state index contributed by atoms with van der Waals surface area (Å²) in [6.07, 6.45) is 1.27. The van der Waals surface area contributed by atoms with Gasteiger partial charge in [0.25, 0.3) is 10.0 Å². The molecule has 212 valence electrons. The summed E-state index contributed by atoms with van der Waals surface area (Å²) >= 11 is -1.95. The van der Waals surface area contributed by atoms with E-state index in [-0.39, 0.29) is 63.7 Å². The van der Waals surface area contributed by atoms with E-state index in [0.29, 0.717) is 39.6 Å².